The van der Waals surface area contributed by atoms with Gasteiger partial charge in [-0.1, -0.05) is 12.1 Å². The highest BCUT2D eigenvalue weighted by Gasteiger charge is 2.49. The first kappa shape index (κ1) is 15.1. The fourth-order valence-corrected chi connectivity index (χ4v) is 4.30. The molecule has 2 heterocycles. The third kappa shape index (κ3) is 2.67. The molecule has 3 aliphatic rings. The number of likely N-dealkylation sites (tertiary alicyclic amines) is 1. The molecule has 0 radical (unpaired) electrons. The van der Waals surface area contributed by atoms with E-state index in [1.54, 1.807) is 6.07 Å². The summed E-state index contributed by atoms with van der Waals surface area (Å²) in [6.07, 6.45) is 6.23. The van der Waals surface area contributed by atoms with E-state index in [2.05, 4.69) is 0 Å². The van der Waals surface area contributed by atoms with Crippen LogP contribution < -0.4 is 0 Å². The Hall–Kier alpha value is -1.42. The summed E-state index contributed by atoms with van der Waals surface area (Å²) in [7, 11) is 0. The average molecular weight is 317 g/mol. The molecule has 2 aliphatic heterocycles. The van der Waals surface area contributed by atoms with Gasteiger partial charge in [0.2, 0.25) is 5.91 Å². The Morgan fingerprint density at radius 1 is 1.04 bits per heavy atom. The van der Waals surface area contributed by atoms with Gasteiger partial charge in [-0.25, -0.2) is 4.39 Å². The van der Waals surface area contributed by atoms with E-state index < -0.39 is 5.41 Å². The number of rotatable bonds is 2. The fraction of sp³-hybridized carbons (Fsp3) is 0.632. The lowest BCUT2D eigenvalue weighted by molar-refractivity contribution is -0.143. The van der Waals surface area contributed by atoms with E-state index in [-0.39, 0.29) is 11.7 Å². The summed E-state index contributed by atoms with van der Waals surface area (Å²) in [5.41, 5.74) is 0.768. The van der Waals surface area contributed by atoms with E-state index in [0.717, 1.165) is 31.5 Å². The molecule has 1 spiro atoms. The van der Waals surface area contributed by atoms with Crippen molar-refractivity contribution in [1.82, 2.24) is 4.90 Å². The van der Waals surface area contributed by atoms with Gasteiger partial charge in [-0.2, -0.15) is 0 Å². The molecule has 1 aromatic rings. The maximum Gasteiger partial charge on any atom is 0.233 e. The highest BCUT2D eigenvalue weighted by atomic mass is 19.1. The van der Waals surface area contributed by atoms with Crippen molar-refractivity contribution in [3.63, 3.8) is 0 Å². The highest BCUT2D eigenvalue weighted by Crippen LogP contribution is 2.54. The number of carbonyl (C=O) groups excluding carboxylic acids is 1. The van der Waals surface area contributed by atoms with Crippen molar-refractivity contribution in [1.29, 1.82) is 0 Å². The fourth-order valence-electron chi connectivity index (χ4n) is 4.30. The summed E-state index contributed by atoms with van der Waals surface area (Å²) in [5.74, 6) is -0.0846. The first-order chi connectivity index (χ1) is 11.1. The normalized spacial score (nSPS) is 25.3. The second kappa shape index (κ2) is 5.59. The van der Waals surface area contributed by atoms with Crippen LogP contribution in [0.15, 0.2) is 24.3 Å². The van der Waals surface area contributed by atoms with Crippen LogP contribution >= 0.6 is 0 Å². The molecule has 4 heteroatoms. The molecule has 4 rings (SSSR count). The summed E-state index contributed by atoms with van der Waals surface area (Å²) < 4.78 is 19.2. The summed E-state index contributed by atoms with van der Waals surface area (Å²) in [4.78, 5) is 15.4. The molecule has 0 unspecified atom stereocenters. The average Bonchev–Trinajstić information content (AvgIpc) is 3.35. The lowest BCUT2D eigenvalue weighted by Gasteiger charge is -2.42. The van der Waals surface area contributed by atoms with Crippen molar-refractivity contribution in [3.05, 3.63) is 35.6 Å². The molecule has 1 saturated carbocycles. The third-order valence-corrected chi connectivity index (χ3v) is 6.20. The predicted molar refractivity (Wildman–Crippen MR) is 85.6 cm³/mol. The number of nitrogens with zero attached hydrogens (tertiary/aromatic N) is 1. The van der Waals surface area contributed by atoms with E-state index in [1.807, 2.05) is 11.0 Å². The maximum absolute atomic E-state index is 13.8. The Kier molecular flexibility index (Phi) is 3.67. The first-order valence-electron chi connectivity index (χ1n) is 8.77. The summed E-state index contributed by atoms with van der Waals surface area (Å²) in [6, 6.07) is 6.59. The Balaban J connectivity index is 1.61. The van der Waals surface area contributed by atoms with Gasteiger partial charge in [0.05, 0.1) is 5.41 Å². The Bertz CT molecular complexity index is 595. The van der Waals surface area contributed by atoms with Gasteiger partial charge in [0.15, 0.2) is 0 Å². The van der Waals surface area contributed by atoms with Crippen molar-refractivity contribution in [2.75, 3.05) is 26.3 Å². The van der Waals surface area contributed by atoms with E-state index in [9.17, 15) is 9.18 Å². The molecule has 3 nitrogen and oxygen atoms in total. The largest absolute Gasteiger partial charge is 0.381 e. The summed E-state index contributed by atoms with van der Waals surface area (Å²) >= 11 is 0. The zero-order valence-electron chi connectivity index (χ0n) is 13.5. The van der Waals surface area contributed by atoms with E-state index in [0.29, 0.717) is 31.5 Å². The number of ether oxygens (including phenoxy) is 1. The van der Waals surface area contributed by atoms with Gasteiger partial charge in [-0.05, 0) is 61.6 Å². The first-order valence-corrected chi connectivity index (χ1v) is 8.77. The Labute approximate surface area is 136 Å². The lowest BCUT2D eigenvalue weighted by Crippen LogP contribution is -2.52. The number of hydrogen-bond acceptors (Lipinski definition) is 2. The molecule has 0 N–H and O–H groups in total. The number of halogens is 1. The predicted octanol–water partition coefficient (Wildman–Crippen LogP) is 3.28. The Morgan fingerprint density at radius 3 is 2.35 bits per heavy atom. The molecule has 0 aromatic heterocycles. The van der Waals surface area contributed by atoms with Crippen molar-refractivity contribution in [3.8, 4) is 0 Å². The molecule has 23 heavy (non-hydrogen) atoms. The highest BCUT2D eigenvalue weighted by molar-refractivity contribution is 5.88. The number of hydrogen-bond donors (Lipinski definition) is 0. The van der Waals surface area contributed by atoms with Gasteiger partial charge in [0.25, 0.3) is 0 Å². The second-order valence-corrected chi connectivity index (χ2v) is 7.50. The van der Waals surface area contributed by atoms with Gasteiger partial charge < -0.3 is 9.64 Å². The van der Waals surface area contributed by atoms with Gasteiger partial charge in [0, 0.05) is 26.3 Å². The molecule has 0 bridgehead atoms. The van der Waals surface area contributed by atoms with Gasteiger partial charge in [0.1, 0.15) is 5.82 Å². The molecular formula is C19H24FNO2. The van der Waals surface area contributed by atoms with Crippen LogP contribution in [0.2, 0.25) is 0 Å². The smallest absolute Gasteiger partial charge is 0.233 e. The number of benzene rings is 1. The summed E-state index contributed by atoms with van der Waals surface area (Å²) in [6.45, 7) is 2.85. The molecule has 2 saturated heterocycles. The zero-order chi connectivity index (χ0) is 15.9. The molecule has 1 amide bonds. The zero-order valence-corrected chi connectivity index (χ0v) is 13.5. The van der Waals surface area contributed by atoms with Crippen LogP contribution in [0, 0.1) is 11.2 Å². The quantitative estimate of drug-likeness (QED) is 0.838. The topological polar surface area (TPSA) is 29.5 Å². The molecular weight excluding hydrogens is 293 g/mol. The van der Waals surface area contributed by atoms with Gasteiger partial charge in [-0.3, -0.25) is 4.79 Å². The standard InChI is InChI=1S/C19H24FNO2/c20-16-3-1-2-15(14-16)19(8-12-23-13-9-19)17(22)21-10-6-18(4-5-18)7-11-21/h1-3,14H,4-13H2. The SMILES string of the molecule is O=C(N1CCC2(CC1)CC2)C1(c2cccc(F)c2)CCOCC1. The number of amides is 1. The molecule has 0 atom stereocenters. The molecule has 1 aromatic carbocycles. The van der Waals surface area contributed by atoms with E-state index in [4.69, 9.17) is 4.74 Å². The van der Waals surface area contributed by atoms with Crippen LogP contribution in [0.3, 0.4) is 0 Å². The van der Waals surface area contributed by atoms with Crippen LogP contribution in [0.5, 0.6) is 0 Å². The Morgan fingerprint density at radius 2 is 1.74 bits per heavy atom. The van der Waals surface area contributed by atoms with E-state index >= 15 is 0 Å². The lowest BCUT2D eigenvalue weighted by atomic mass is 9.72. The molecule has 1 aliphatic carbocycles. The van der Waals surface area contributed by atoms with Crippen LogP contribution in [0.25, 0.3) is 0 Å². The van der Waals surface area contributed by atoms with Crippen molar-refractivity contribution in [2.45, 2.75) is 43.9 Å². The summed E-state index contributed by atoms with van der Waals surface area (Å²) in [5, 5.41) is 0. The minimum Gasteiger partial charge on any atom is -0.381 e. The second-order valence-electron chi connectivity index (χ2n) is 7.50. The van der Waals surface area contributed by atoms with Crippen LogP contribution in [-0.4, -0.2) is 37.1 Å². The van der Waals surface area contributed by atoms with Gasteiger partial charge >= 0.3 is 0 Å². The third-order valence-electron chi connectivity index (χ3n) is 6.20. The number of carbonyl (C=O) groups is 1. The van der Waals surface area contributed by atoms with Gasteiger partial charge in [-0.15, -0.1) is 0 Å². The van der Waals surface area contributed by atoms with Crippen molar-refractivity contribution < 1.29 is 13.9 Å². The minimum absolute atomic E-state index is 0.182. The number of piperidine rings is 1. The molecule has 3 fully saturated rings. The minimum atomic E-state index is -0.603. The molecule has 124 valence electrons. The van der Waals surface area contributed by atoms with Crippen LogP contribution in [-0.2, 0) is 14.9 Å². The van der Waals surface area contributed by atoms with Crippen LogP contribution in [0.4, 0.5) is 4.39 Å². The maximum atomic E-state index is 13.8. The van der Waals surface area contributed by atoms with Crippen molar-refractivity contribution >= 4 is 5.91 Å². The van der Waals surface area contributed by atoms with Crippen LogP contribution in [0.1, 0.15) is 44.1 Å². The monoisotopic (exact) mass is 317 g/mol. The van der Waals surface area contributed by atoms with E-state index in [1.165, 1.54) is 25.0 Å². The van der Waals surface area contributed by atoms with Crippen molar-refractivity contribution in [2.24, 2.45) is 5.41 Å².